The first-order valence-corrected chi connectivity index (χ1v) is 10.4. The maximum atomic E-state index is 12.2. The predicted octanol–water partition coefficient (Wildman–Crippen LogP) is 1.17. The Balaban J connectivity index is 1.56. The number of amides is 1. The summed E-state index contributed by atoms with van der Waals surface area (Å²) >= 11 is 0. The summed E-state index contributed by atoms with van der Waals surface area (Å²) in [7, 11) is 0. The summed E-state index contributed by atoms with van der Waals surface area (Å²) in [5, 5.41) is 17.3. The zero-order chi connectivity index (χ0) is 21.4. The molecule has 3 aromatic rings. The van der Waals surface area contributed by atoms with Crippen molar-refractivity contribution in [3.05, 3.63) is 47.8 Å². The first-order chi connectivity index (χ1) is 15.0. The lowest BCUT2D eigenvalue weighted by atomic mass is 9.91. The number of fused-ring (bicyclic) bond motifs is 1. The molecular weight excluding hydrogens is 396 g/mol. The first kappa shape index (κ1) is 19.8. The van der Waals surface area contributed by atoms with Crippen molar-refractivity contribution in [2.75, 3.05) is 31.6 Å². The van der Waals surface area contributed by atoms with Crippen molar-refractivity contribution in [2.45, 2.75) is 24.5 Å². The number of aromatic nitrogens is 3. The third-order valence-electron chi connectivity index (χ3n) is 5.89. The molecule has 0 aliphatic carbocycles. The molecule has 9 nitrogen and oxygen atoms in total. The molecule has 0 unspecified atom stereocenters. The Kier molecular flexibility index (Phi) is 5.01. The molecule has 0 spiro atoms. The Bertz CT molecular complexity index is 1120. The molecule has 5 N–H and O–H groups in total. The van der Waals surface area contributed by atoms with Crippen molar-refractivity contribution < 1.29 is 14.6 Å². The monoisotopic (exact) mass is 420 g/mol. The SMILES string of the molecule is NC(=O)c1cc(-c2ccc(C3(O)COC3)cc2)nc2c(N[C@H]3CCCNC3)ncnc12. The highest BCUT2D eigenvalue weighted by atomic mass is 16.5. The van der Waals surface area contributed by atoms with Gasteiger partial charge in [-0.3, -0.25) is 4.79 Å². The zero-order valence-electron chi connectivity index (χ0n) is 17.0. The molecule has 2 fully saturated rings. The van der Waals surface area contributed by atoms with Crippen LogP contribution in [0.2, 0.25) is 0 Å². The fourth-order valence-corrected chi connectivity index (χ4v) is 4.06. The van der Waals surface area contributed by atoms with Crippen LogP contribution in [-0.2, 0) is 10.3 Å². The summed E-state index contributed by atoms with van der Waals surface area (Å²) in [6.45, 7) is 2.42. The number of nitrogens with zero attached hydrogens (tertiary/aromatic N) is 3. The average Bonchev–Trinajstić information content (AvgIpc) is 2.78. The van der Waals surface area contributed by atoms with E-state index in [2.05, 4.69) is 20.6 Å². The summed E-state index contributed by atoms with van der Waals surface area (Å²) in [4.78, 5) is 25.6. The smallest absolute Gasteiger partial charge is 0.251 e. The summed E-state index contributed by atoms with van der Waals surface area (Å²) in [6, 6.07) is 9.31. The van der Waals surface area contributed by atoms with Crippen LogP contribution in [0.15, 0.2) is 36.7 Å². The third kappa shape index (κ3) is 3.71. The summed E-state index contributed by atoms with van der Waals surface area (Å²) in [6.07, 6.45) is 3.52. The topological polar surface area (TPSA) is 135 Å². The number of benzene rings is 1. The van der Waals surface area contributed by atoms with Crippen LogP contribution in [0.5, 0.6) is 0 Å². The van der Waals surface area contributed by atoms with Gasteiger partial charge in [0.25, 0.3) is 5.91 Å². The molecule has 2 aliphatic rings. The van der Waals surface area contributed by atoms with E-state index in [0.29, 0.717) is 28.1 Å². The second kappa shape index (κ2) is 7.84. The molecule has 2 saturated heterocycles. The first-order valence-electron chi connectivity index (χ1n) is 10.4. The number of nitrogens with two attached hydrogens (primary N) is 1. The van der Waals surface area contributed by atoms with Gasteiger partial charge >= 0.3 is 0 Å². The van der Waals surface area contributed by atoms with Crippen LogP contribution in [0.4, 0.5) is 5.82 Å². The van der Waals surface area contributed by atoms with Gasteiger partial charge in [-0.15, -0.1) is 0 Å². The Labute approximate surface area is 179 Å². The van der Waals surface area contributed by atoms with Gasteiger partial charge in [0.15, 0.2) is 5.82 Å². The van der Waals surface area contributed by atoms with E-state index < -0.39 is 11.5 Å². The quantitative estimate of drug-likeness (QED) is 0.483. The van der Waals surface area contributed by atoms with Gasteiger partial charge in [0.05, 0.1) is 24.5 Å². The van der Waals surface area contributed by atoms with E-state index in [9.17, 15) is 9.90 Å². The van der Waals surface area contributed by atoms with Gasteiger partial charge in [-0.2, -0.15) is 0 Å². The van der Waals surface area contributed by atoms with Crippen LogP contribution in [0.25, 0.3) is 22.3 Å². The molecule has 5 rings (SSSR count). The van der Waals surface area contributed by atoms with Gasteiger partial charge in [-0.1, -0.05) is 24.3 Å². The van der Waals surface area contributed by atoms with Crippen LogP contribution in [0.3, 0.4) is 0 Å². The van der Waals surface area contributed by atoms with Gasteiger partial charge < -0.3 is 26.2 Å². The number of piperidine rings is 1. The molecule has 1 atom stereocenters. The van der Waals surface area contributed by atoms with Gasteiger partial charge in [-0.25, -0.2) is 15.0 Å². The van der Waals surface area contributed by atoms with Crippen LogP contribution in [0.1, 0.15) is 28.8 Å². The van der Waals surface area contributed by atoms with Crippen molar-refractivity contribution >= 4 is 22.8 Å². The van der Waals surface area contributed by atoms with E-state index in [1.165, 1.54) is 6.33 Å². The summed E-state index contributed by atoms with van der Waals surface area (Å²) in [5.41, 5.74) is 8.12. The predicted molar refractivity (Wildman–Crippen MR) is 116 cm³/mol. The highest BCUT2D eigenvalue weighted by Gasteiger charge is 2.37. The van der Waals surface area contributed by atoms with Crippen molar-refractivity contribution in [1.29, 1.82) is 0 Å². The number of aliphatic hydroxyl groups is 1. The average molecular weight is 420 g/mol. The molecule has 4 heterocycles. The van der Waals surface area contributed by atoms with E-state index in [0.717, 1.165) is 37.1 Å². The molecule has 0 radical (unpaired) electrons. The van der Waals surface area contributed by atoms with Crippen LogP contribution < -0.4 is 16.4 Å². The number of hydrogen-bond donors (Lipinski definition) is 4. The number of hydrogen-bond acceptors (Lipinski definition) is 8. The minimum absolute atomic E-state index is 0.221. The van der Waals surface area contributed by atoms with Gasteiger partial charge in [0.1, 0.15) is 23.0 Å². The number of anilines is 1. The second-order valence-corrected chi connectivity index (χ2v) is 8.13. The number of pyridine rings is 1. The minimum atomic E-state index is -0.938. The number of nitrogens with one attached hydrogen (secondary N) is 2. The molecule has 160 valence electrons. The third-order valence-corrected chi connectivity index (χ3v) is 5.89. The maximum Gasteiger partial charge on any atom is 0.251 e. The van der Waals surface area contributed by atoms with E-state index in [1.54, 1.807) is 6.07 Å². The van der Waals surface area contributed by atoms with Gasteiger partial charge in [0, 0.05) is 18.2 Å². The number of carbonyl (C=O) groups is 1. The largest absolute Gasteiger partial charge is 0.380 e. The molecule has 31 heavy (non-hydrogen) atoms. The Hall–Kier alpha value is -3.14. The van der Waals surface area contributed by atoms with Crippen LogP contribution >= 0.6 is 0 Å². The van der Waals surface area contributed by atoms with Crippen molar-refractivity contribution in [3.63, 3.8) is 0 Å². The lowest BCUT2D eigenvalue weighted by Crippen LogP contribution is -2.46. The molecule has 0 saturated carbocycles. The Morgan fingerprint density at radius 3 is 2.68 bits per heavy atom. The van der Waals surface area contributed by atoms with Gasteiger partial charge in [0.2, 0.25) is 0 Å². The molecular formula is C22H24N6O3. The van der Waals surface area contributed by atoms with E-state index in [1.807, 2.05) is 24.3 Å². The van der Waals surface area contributed by atoms with E-state index in [4.69, 9.17) is 15.5 Å². The molecule has 9 heteroatoms. The van der Waals surface area contributed by atoms with Crippen molar-refractivity contribution in [3.8, 4) is 11.3 Å². The van der Waals surface area contributed by atoms with E-state index in [-0.39, 0.29) is 19.3 Å². The Morgan fingerprint density at radius 1 is 1.23 bits per heavy atom. The molecule has 2 aliphatic heterocycles. The molecule has 0 bridgehead atoms. The second-order valence-electron chi connectivity index (χ2n) is 8.13. The number of primary amides is 1. The van der Waals surface area contributed by atoms with Crippen molar-refractivity contribution in [1.82, 2.24) is 20.3 Å². The minimum Gasteiger partial charge on any atom is -0.380 e. The number of rotatable bonds is 5. The zero-order valence-corrected chi connectivity index (χ0v) is 17.0. The lowest BCUT2D eigenvalue weighted by Gasteiger charge is -2.36. The Morgan fingerprint density at radius 2 is 2.03 bits per heavy atom. The molecule has 2 aromatic heterocycles. The summed E-state index contributed by atoms with van der Waals surface area (Å²) in [5.74, 6) is 0.00998. The molecule has 1 aromatic carbocycles. The van der Waals surface area contributed by atoms with Crippen LogP contribution in [-0.4, -0.2) is 58.3 Å². The van der Waals surface area contributed by atoms with Crippen molar-refractivity contribution in [2.24, 2.45) is 5.73 Å². The normalized spacial score (nSPS) is 20.2. The fourth-order valence-electron chi connectivity index (χ4n) is 4.06. The van der Waals surface area contributed by atoms with E-state index >= 15 is 0 Å². The number of ether oxygens (including phenoxy) is 1. The lowest BCUT2D eigenvalue weighted by molar-refractivity contribution is -0.184. The highest BCUT2D eigenvalue weighted by molar-refractivity contribution is 6.06. The fraction of sp³-hybridized carbons (Fsp3) is 0.364. The van der Waals surface area contributed by atoms with Crippen LogP contribution in [0, 0.1) is 0 Å². The van der Waals surface area contributed by atoms with Gasteiger partial charge in [-0.05, 0) is 31.0 Å². The maximum absolute atomic E-state index is 12.2. The summed E-state index contributed by atoms with van der Waals surface area (Å²) < 4.78 is 5.13. The standard InChI is InChI=1S/C22H24N6O3/c23-20(29)16-8-17(13-3-5-14(6-4-13)22(30)10-31-11-22)28-19-18(16)25-12-26-21(19)27-15-2-1-7-24-9-15/h3-6,8,12,15,24,30H,1-2,7,9-11H2,(H2,23,29)(H,25,26,27)/t15-/m0/s1. The molecule has 1 amide bonds. The number of carbonyl (C=O) groups excluding carboxylic acids is 1. The highest BCUT2D eigenvalue weighted by Crippen LogP contribution is 2.32.